The third-order valence-electron chi connectivity index (χ3n) is 3.55. The van der Waals surface area contributed by atoms with Crippen molar-refractivity contribution in [3.63, 3.8) is 0 Å². The number of thioether (sulfide) groups is 1. The molecule has 3 rings (SSSR count). The van der Waals surface area contributed by atoms with E-state index in [4.69, 9.17) is 14.2 Å². The maximum Gasteiger partial charge on any atom is 0.237 e. The summed E-state index contributed by atoms with van der Waals surface area (Å²) in [6, 6.07) is 13.1. The maximum atomic E-state index is 12.4. The predicted octanol–water partition coefficient (Wildman–Crippen LogP) is 3.59. The lowest BCUT2D eigenvalue weighted by Gasteiger charge is -2.19. The van der Waals surface area contributed by atoms with Crippen molar-refractivity contribution in [2.75, 3.05) is 25.6 Å². The van der Waals surface area contributed by atoms with E-state index in [1.165, 1.54) is 11.8 Å². The number of amides is 1. The van der Waals surface area contributed by atoms with Gasteiger partial charge in [0.2, 0.25) is 5.91 Å². The van der Waals surface area contributed by atoms with E-state index in [0.717, 1.165) is 10.6 Å². The number of rotatable bonds is 5. The van der Waals surface area contributed by atoms with Gasteiger partial charge in [0, 0.05) is 16.6 Å². The number of carbonyl (C=O) groups is 1. The molecule has 0 bridgehead atoms. The molecule has 0 aromatic heterocycles. The van der Waals surface area contributed by atoms with E-state index in [-0.39, 0.29) is 11.2 Å². The number of methoxy groups -OCH3 is 1. The quantitative estimate of drug-likeness (QED) is 0.840. The van der Waals surface area contributed by atoms with Gasteiger partial charge in [-0.15, -0.1) is 11.8 Å². The minimum absolute atomic E-state index is 0.0625. The van der Waals surface area contributed by atoms with Crippen LogP contribution in [0.5, 0.6) is 17.2 Å². The maximum absolute atomic E-state index is 12.4. The summed E-state index contributed by atoms with van der Waals surface area (Å²) in [5.74, 6) is 2.11. The second kappa shape index (κ2) is 7.49. The molecule has 1 heterocycles. The predicted molar refractivity (Wildman–Crippen MR) is 94.4 cm³/mol. The molecule has 0 saturated carbocycles. The van der Waals surface area contributed by atoms with Crippen LogP contribution < -0.4 is 19.5 Å². The van der Waals surface area contributed by atoms with Crippen molar-refractivity contribution in [2.24, 2.45) is 0 Å². The topological polar surface area (TPSA) is 56.8 Å². The molecule has 1 atom stereocenters. The zero-order valence-electron chi connectivity index (χ0n) is 13.6. The Labute approximate surface area is 145 Å². The molecule has 1 amide bonds. The Hall–Kier alpha value is -2.34. The van der Waals surface area contributed by atoms with Crippen molar-refractivity contribution in [1.29, 1.82) is 0 Å². The van der Waals surface area contributed by atoms with Crippen molar-refractivity contribution in [3.05, 3.63) is 42.5 Å². The van der Waals surface area contributed by atoms with Gasteiger partial charge in [0.1, 0.15) is 19.0 Å². The van der Waals surface area contributed by atoms with Gasteiger partial charge in [-0.05, 0) is 43.3 Å². The SMILES string of the molecule is COc1ccc(S[C@@H](C)C(=O)Nc2ccc3c(c2)OCCO3)cc1. The third kappa shape index (κ3) is 3.94. The number of carbonyl (C=O) groups excluding carboxylic acids is 1. The molecule has 1 aliphatic heterocycles. The van der Waals surface area contributed by atoms with Gasteiger partial charge in [-0.25, -0.2) is 0 Å². The summed E-state index contributed by atoms with van der Waals surface area (Å²) in [5.41, 5.74) is 0.700. The van der Waals surface area contributed by atoms with Crippen molar-refractivity contribution < 1.29 is 19.0 Å². The van der Waals surface area contributed by atoms with Crippen LogP contribution in [0.2, 0.25) is 0 Å². The van der Waals surface area contributed by atoms with Crippen LogP contribution in [0.15, 0.2) is 47.4 Å². The third-order valence-corrected chi connectivity index (χ3v) is 4.66. The van der Waals surface area contributed by atoms with Crippen LogP contribution in [-0.2, 0) is 4.79 Å². The highest BCUT2D eigenvalue weighted by atomic mass is 32.2. The molecule has 0 unspecified atom stereocenters. The number of fused-ring (bicyclic) bond motifs is 1. The first kappa shape index (κ1) is 16.5. The number of nitrogens with one attached hydrogen (secondary N) is 1. The van der Waals surface area contributed by atoms with Gasteiger partial charge in [-0.2, -0.15) is 0 Å². The van der Waals surface area contributed by atoms with Crippen LogP contribution in [0.3, 0.4) is 0 Å². The summed E-state index contributed by atoms with van der Waals surface area (Å²) >= 11 is 1.50. The van der Waals surface area contributed by atoms with Crippen LogP contribution in [0.1, 0.15) is 6.92 Å². The Balaban J connectivity index is 1.61. The first-order chi connectivity index (χ1) is 11.7. The summed E-state index contributed by atoms with van der Waals surface area (Å²) in [6.45, 7) is 2.95. The highest BCUT2D eigenvalue weighted by molar-refractivity contribution is 8.00. The van der Waals surface area contributed by atoms with Crippen molar-refractivity contribution in [1.82, 2.24) is 0 Å². The zero-order valence-corrected chi connectivity index (χ0v) is 14.4. The second-order valence-corrected chi connectivity index (χ2v) is 6.70. The van der Waals surface area contributed by atoms with Crippen LogP contribution in [-0.4, -0.2) is 31.5 Å². The molecule has 0 aliphatic carbocycles. The molecule has 1 N–H and O–H groups in total. The Bertz CT molecular complexity index is 717. The van der Waals surface area contributed by atoms with E-state index in [9.17, 15) is 4.79 Å². The molecule has 126 valence electrons. The highest BCUT2D eigenvalue weighted by Gasteiger charge is 2.17. The lowest BCUT2D eigenvalue weighted by molar-refractivity contribution is -0.115. The Kier molecular flexibility index (Phi) is 5.15. The molecule has 0 radical (unpaired) electrons. The fraction of sp³-hybridized carbons (Fsp3) is 0.278. The first-order valence-corrected chi connectivity index (χ1v) is 8.55. The molecule has 0 spiro atoms. The van der Waals surface area contributed by atoms with E-state index in [2.05, 4.69) is 5.32 Å². The molecule has 0 saturated heterocycles. The highest BCUT2D eigenvalue weighted by Crippen LogP contribution is 2.33. The van der Waals surface area contributed by atoms with Gasteiger partial charge in [0.05, 0.1) is 12.4 Å². The van der Waals surface area contributed by atoms with Gasteiger partial charge < -0.3 is 19.5 Å². The monoisotopic (exact) mass is 345 g/mol. The Morgan fingerprint density at radius 1 is 1.12 bits per heavy atom. The van der Waals surface area contributed by atoms with E-state index in [1.807, 2.05) is 43.3 Å². The average molecular weight is 345 g/mol. The minimum Gasteiger partial charge on any atom is -0.497 e. The zero-order chi connectivity index (χ0) is 16.9. The van der Waals surface area contributed by atoms with E-state index < -0.39 is 0 Å². The largest absolute Gasteiger partial charge is 0.497 e. The number of ether oxygens (including phenoxy) is 3. The van der Waals surface area contributed by atoms with Crippen LogP contribution >= 0.6 is 11.8 Å². The van der Waals surface area contributed by atoms with Gasteiger partial charge in [0.15, 0.2) is 11.5 Å². The van der Waals surface area contributed by atoms with Crippen LogP contribution in [0, 0.1) is 0 Å². The summed E-state index contributed by atoms with van der Waals surface area (Å²) in [7, 11) is 1.63. The molecule has 24 heavy (non-hydrogen) atoms. The van der Waals surface area contributed by atoms with Crippen LogP contribution in [0.4, 0.5) is 5.69 Å². The number of hydrogen-bond acceptors (Lipinski definition) is 5. The minimum atomic E-state index is -0.230. The molecule has 2 aromatic rings. The molecule has 6 heteroatoms. The van der Waals surface area contributed by atoms with Crippen molar-refractivity contribution >= 4 is 23.4 Å². The van der Waals surface area contributed by atoms with Crippen molar-refractivity contribution in [3.8, 4) is 17.2 Å². The Morgan fingerprint density at radius 3 is 2.54 bits per heavy atom. The van der Waals surface area contributed by atoms with Crippen molar-refractivity contribution in [2.45, 2.75) is 17.1 Å². The lowest BCUT2D eigenvalue weighted by Crippen LogP contribution is -2.22. The molecular formula is C18H19NO4S. The normalized spacial score (nSPS) is 13.9. The molecule has 0 fully saturated rings. The first-order valence-electron chi connectivity index (χ1n) is 7.67. The molecular weight excluding hydrogens is 326 g/mol. The van der Waals surface area contributed by atoms with E-state index >= 15 is 0 Å². The standard InChI is InChI=1S/C18H19NO4S/c1-12(24-15-6-4-14(21-2)5-7-15)18(20)19-13-3-8-16-17(11-13)23-10-9-22-16/h3-8,11-12H,9-10H2,1-2H3,(H,19,20)/t12-/m0/s1. The number of hydrogen-bond donors (Lipinski definition) is 1. The summed E-state index contributed by atoms with van der Waals surface area (Å²) in [5, 5.41) is 2.68. The second-order valence-electron chi connectivity index (χ2n) is 5.28. The summed E-state index contributed by atoms with van der Waals surface area (Å²) in [6.07, 6.45) is 0. The van der Waals surface area contributed by atoms with Gasteiger partial charge in [0.25, 0.3) is 0 Å². The van der Waals surface area contributed by atoms with Gasteiger partial charge in [-0.3, -0.25) is 4.79 Å². The number of anilines is 1. The van der Waals surface area contributed by atoms with Gasteiger partial charge >= 0.3 is 0 Å². The smallest absolute Gasteiger partial charge is 0.237 e. The Morgan fingerprint density at radius 2 is 1.83 bits per heavy atom. The lowest BCUT2D eigenvalue weighted by atomic mass is 10.2. The van der Waals surface area contributed by atoms with Gasteiger partial charge in [-0.1, -0.05) is 0 Å². The molecule has 2 aromatic carbocycles. The average Bonchev–Trinajstić information content (AvgIpc) is 2.62. The van der Waals surface area contributed by atoms with E-state index in [0.29, 0.717) is 30.4 Å². The number of benzene rings is 2. The fourth-order valence-corrected chi connectivity index (χ4v) is 3.14. The van der Waals surface area contributed by atoms with Crippen LogP contribution in [0.25, 0.3) is 0 Å². The van der Waals surface area contributed by atoms with E-state index in [1.54, 1.807) is 13.2 Å². The summed E-state index contributed by atoms with van der Waals surface area (Å²) in [4.78, 5) is 13.4. The fourth-order valence-electron chi connectivity index (χ4n) is 2.28. The molecule has 5 nitrogen and oxygen atoms in total. The molecule has 1 aliphatic rings. The summed E-state index contributed by atoms with van der Waals surface area (Å²) < 4.78 is 16.1.